The molecule has 4 heterocycles. The van der Waals surface area contributed by atoms with E-state index in [9.17, 15) is 4.79 Å². The minimum absolute atomic E-state index is 0.194. The first kappa shape index (κ1) is 11.5. The van der Waals surface area contributed by atoms with E-state index >= 15 is 0 Å². The van der Waals surface area contributed by atoms with Crippen molar-refractivity contribution in [2.24, 2.45) is 0 Å². The second-order valence-corrected chi connectivity index (χ2v) is 5.20. The monoisotopic (exact) mass is 273 g/mol. The van der Waals surface area contributed by atoms with Crippen LogP contribution in [0.15, 0.2) is 29.3 Å². The molecule has 104 valence electrons. The van der Waals surface area contributed by atoms with Gasteiger partial charge in [-0.15, -0.1) is 0 Å². The summed E-state index contributed by atoms with van der Waals surface area (Å²) in [4.78, 5) is 19.7. The molecule has 0 saturated carbocycles. The van der Waals surface area contributed by atoms with Gasteiger partial charge >= 0.3 is 0 Å². The SMILES string of the molecule is O=C1CCCN1c1cnn(C2CN(c3ncco3)C2)c1. The average Bonchev–Trinajstić information content (AvgIpc) is 3.07. The molecule has 2 aromatic rings. The minimum atomic E-state index is 0.194. The lowest BCUT2D eigenvalue weighted by molar-refractivity contribution is -0.117. The molecule has 2 saturated heterocycles. The number of hydrogen-bond acceptors (Lipinski definition) is 5. The number of rotatable bonds is 3. The number of aromatic nitrogens is 3. The summed E-state index contributed by atoms with van der Waals surface area (Å²) in [6.45, 7) is 2.46. The van der Waals surface area contributed by atoms with Crippen LogP contribution in [0.4, 0.5) is 11.7 Å². The van der Waals surface area contributed by atoms with Gasteiger partial charge in [-0.25, -0.2) is 4.98 Å². The van der Waals surface area contributed by atoms with Gasteiger partial charge in [-0.2, -0.15) is 5.10 Å². The van der Waals surface area contributed by atoms with E-state index in [1.165, 1.54) is 0 Å². The van der Waals surface area contributed by atoms with E-state index in [0.29, 0.717) is 18.5 Å². The second-order valence-electron chi connectivity index (χ2n) is 5.20. The third kappa shape index (κ3) is 1.77. The van der Waals surface area contributed by atoms with Gasteiger partial charge in [0.2, 0.25) is 5.91 Å². The minimum Gasteiger partial charge on any atom is -0.432 e. The molecular weight excluding hydrogens is 258 g/mol. The Hall–Kier alpha value is -2.31. The number of oxazole rings is 1. The van der Waals surface area contributed by atoms with Crippen molar-refractivity contribution in [2.45, 2.75) is 18.9 Å². The molecule has 20 heavy (non-hydrogen) atoms. The molecule has 2 aliphatic rings. The van der Waals surface area contributed by atoms with Gasteiger partial charge in [-0.05, 0) is 6.42 Å². The highest BCUT2D eigenvalue weighted by atomic mass is 16.4. The van der Waals surface area contributed by atoms with Crippen molar-refractivity contribution in [2.75, 3.05) is 29.4 Å². The number of anilines is 2. The molecule has 2 aromatic heterocycles. The molecule has 0 spiro atoms. The van der Waals surface area contributed by atoms with Crippen molar-refractivity contribution in [3.8, 4) is 0 Å². The molecule has 1 amide bonds. The van der Waals surface area contributed by atoms with Crippen molar-refractivity contribution in [3.05, 3.63) is 24.9 Å². The Morgan fingerprint density at radius 3 is 2.95 bits per heavy atom. The van der Waals surface area contributed by atoms with Gasteiger partial charge in [0.25, 0.3) is 6.01 Å². The standard InChI is InChI=1S/C13H15N5O2/c19-12-2-1-4-17(12)10-6-15-18(9-10)11-7-16(8-11)13-14-3-5-20-13/h3,5-6,9,11H,1-2,4,7-8H2. The highest BCUT2D eigenvalue weighted by Gasteiger charge is 2.32. The second kappa shape index (κ2) is 4.36. The van der Waals surface area contributed by atoms with Crippen LogP contribution in [0.2, 0.25) is 0 Å². The van der Waals surface area contributed by atoms with Crippen molar-refractivity contribution in [3.63, 3.8) is 0 Å². The Bertz CT molecular complexity index is 615. The molecule has 2 fully saturated rings. The lowest BCUT2D eigenvalue weighted by Gasteiger charge is -2.37. The largest absolute Gasteiger partial charge is 0.432 e. The number of nitrogens with zero attached hydrogens (tertiary/aromatic N) is 5. The summed E-state index contributed by atoms with van der Waals surface area (Å²) < 4.78 is 7.19. The van der Waals surface area contributed by atoms with Gasteiger partial charge in [0.1, 0.15) is 6.26 Å². The van der Waals surface area contributed by atoms with Crippen LogP contribution < -0.4 is 9.80 Å². The fourth-order valence-electron chi connectivity index (χ4n) is 2.74. The number of amides is 1. The number of hydrogen-bond donors (Lipinski definition) is 0. The maximum Gasteiger partial charge on any atom is 0.297 e. The summed E-state index contributed by atoms with van der Waals surface area (Å²) in [6.07, 6.45) is 8.54. The Kier molecular flexibility index (Phi) is 2.51. The third-order valence-corrected chi connectivity index (χ3v) is 3.90. The number of carbonyl (C=O) groups excluding carboxylic acids is 1. The van der Waals surface area contributed by atoms with E-state index in [1.54, 1.807) is 18.7 Å². The topological polar surface area (TPSA) is 67.4 Å². The summed E-state index contributed by atoms with van der Waals surface area (Å²) in [7, 11) is 0. The Balaban J connectivity index is 1.44. The molecule has 4 rings (SSSR count). The molecule has 7 nitrogen and oxygen atoms in total. The van der Waals surface area contributed by atoms with E-state index in [0.717, 1.165) is 31.7 Å². The van der Waals surface area contributed by atoms with Crippen LogP contribution in [0, 0.1) is 0 Å². The zero-order chi connectivity index (χ0) is 13.5. The van der Waals surface area contributed by atoms with E-state index in [4.69, 9.17) is 4.42 Å². The lowest BCUT2D eigenvalue weighted by atomic mass is 10.1. The fourth-order valence-corrected chi connectivity index (χ4v) is 2.74. The van der Waals surface area contributed by atoms with Crippen LogP contribution in [-0.4, -0.2) is 40.3 Å². The lowest BCUT2D eigenvalue weighted by Crippen LogP contribution is -2.48. The van der Waals surface area contributed by atoms with Crippen LogP contribution >= 0.6 is 0 Å². The Morgan fingerprint density at radius 2 is 2.25 bits per heavy atom. The molecule has 0 radical (unpaired) electrons. The molecule has 0 N–H and O–H groups in total. The van der Waals surface area contributed by atoms with Gasteiger partial charge < -0.3 is 14.2 Å². The molecule has 0 atom stereocenters. The van der Waals surface area contributed by atoms with Crippen molar-refractivity contribution >= 4 is 17.6 Å². The van der Waals surface area contributed by atoms with E-state index in [-0.39, 0.29) is 5.91 Å². The quantitative estimate of drug-likeness (QED) is 0.836. The maximum atomic E-state index is 11.7. The first-order valence-electron chi connectivity index (χ1n) is 6.80. The summed E-state index contributed by atoms with van der Waals surface area (Å²) in [5.41, 5.74) is 0.905. The van der Waals surface area contributed by atoms with Gasteiger partial charge in [-0.1, -0.05) is 0 Å². The normalized spacial score (nSPS) is 19.7. The molecule has 0 bridgehead atoms. The molecule has 7 heteroatoms. The smallest absolute Gasteiger partial charge is 0.297 e. The van der Waals surface area contributed by atoms with E-state index in [1.807, 2.05) is 15.8 Å². The first-order chi connectivity index (χ1) is 9.81. The average molecular weight is 273 g/mol. The molecule has 0 aliphatic carbocycles. The van der Waals surface area contributed by atoms with Crippen LogP contribution in [0.25, 0.3) is 0 Å². The highest BCUT2D eigenvalue weighted by molar-refractivity contribution is 5.95. The van der Waals surface area contributed by atoms with Crippen LogP contribution in [0.1, 0.15) is 18.9 Å². The van der Waals surface area contributed by atoms with Crippen molar-refractivity contribution < 1.29 is 9.21 Å². The molecular formula is C13H15N5O2. The van der Waals surface area contributed by atoms with Crippen molar-refractivity contribution in [1.82, 2.24) is 14.8 Å². The zero-order valence-electron chi connectivity index (χ0n) is 11.0. The van der Waals surface area contributed by atoms with Gasteiger partial charge in [0, 0.05) is 32.3 Å². The Morgan fingerprint density at radius 1 is 1.35 bits per heavy atom. The molecule has 0 unspecified atom stereocenters. The van der Waals surface area contributed by atoms with Crippen LogP contribution in [0.5, 0.6) is 0 Å². The van der Waals surface area contributed by atoms with E-state index in [2.05, 4.69) is 15.0 Å². The molecule has 2 aliphatic heterocycles. The van der Waals surface area contributed by atoms with Gasteiger partial charge in [0.05, 0.1) is 24.1 Å². The van der Waals surface area contributed by atoms with Crippen molar-refractivity contribution in [1.29, 1.82) is 0 Å². The highest BCUT2D eigenvalue weighted by Crippen LogP contribution is 2.28. The summed E-state index contributed by atoms with van der Waals surface area (Å²) in [5, 5.41) is 4.38. The predicted octanol–water partition coefficient (Wildman–Crippen LogP) is 1.06. The summed E-state index contributed by atoms with van der Waals surface area (Å²) in [5.74, 6) is 0.194. The maximum absolute atomic E-state index is 11.7. The number of carbonyl (C=O) groups is 1. The summed E-state index contributed by atoms with van der Waals surface area (Å²) >= 11 is 0. The van der Waals surface area contributed by atoms with Crippen LogP contribution in [-0.2, 0) is 4.79 Å². The van der Waals surface area contributed by atoms with Gasteiger partial charge in [-0.3, -0.25) is 9.48 Å². The predicted molar refractivity (Wildman–Crippen MR) is 71.6 cm³/mol. The fraction of sp³-hybridized carbons (Fsp3) is 0.462. The van der Waals surface area contributed by atoms with Crippen LogP contribution in [0.3, 0.4) is 0 Å². The van der Waals surface area contributed by atoms with Gasteiger partial charge in [0.15, 0.2) is 0 Å². The molecule has 0 aromatic carbocycles. The van der Waals surface area contributed by atoms with E-state index < -0.39 is 0 Å². The Labute approximate surface area is 115 Å². The first-order valence-corrected chi connectivity index (χ1v) is 6.80. The third-order valence-electron chi connectivity index (χ3n) is 3.90. The summed E-state index contributed by atoms with van der Waals surface area (Å²) in [6, 6.07) is 0.969. The zero-order valence-corrected chi connectivity index (χ0v) is 11.0.